The van der Waals surface area contributed by atoms with Crippen molar-refractivity contribution in [3.05, 3.63) is 47.3 Å². The third-order valence-electron chi connectivity index (χ3n) is 3.10. The number of nitrogens with zero attached hydrogens (tertiary/aromatic N) is 2. The molecule has 6 heteroatoms. The highest BCUT2D eigenvalue weighted by Gasteiger charge is 2.34. The third-order valence-corrected chi connectivity index (χ3v) is 3.10. The van der Waals surface area contributed by atoms with Crippen molar-refractivity contribution in [1.29, 1.82) is 0 Å². The lowest BCUT2D eigenvalue weighted by atomic mass is 10.1. The molecule has 2 N–H and O–H groups in total. The summed E-state index contributed by atoms with van der Waals surface area (Å²) in [6.45, 7) is 3.64. The van der Waals surface area contributed by atoms with E-state index in [1.807, 2.05) is 6.92 Å². The largest absolute Gasteiger partial charge is 0.435 e. The Labute approximate surface area is 115 Å². The minimum Gasteiger partial charge on any atom is -0.324 e. The Bertz CT molecular complexity index is 583. The average molecular weight is 283 g/mol. The molecule has 3 nitrogen and oxygen atoms in total. The van der Waals surface area contributed by atoms with Gasteiger partial charge in [-0.1, -0.05) is 19.1 Å². The highest BCUT2D eigenvalue weighted by atomic mass is 19.4. The maximum Gasteiger partial charge on any atom is 0.435 e. The molecule has 20 heavy (non-hydrogen) atoms. The Morgan fingerprint density at radius 3 is 2.30 bits per heavy atom. The van der Waals surface area contributed by atoms with Crippen molar-refractivity contribution in [3.63, 3.8) is 0 Å². The summed E-state index contributed by atoms with van der Waals surface area (Å²) in [5, 5.41) is 3.66. The van der Waals surface area contributed by atoms with Gasteiger partial charge in [-0.25, -0.2) is 4.68 Å². The molecule has 0 fully saturated rings. The number of hydrogen-bond acceptors (Lipinski definition) is 2. The Kier molecular flexibility index (Phi) is 3.85. The van der Waals surface area contributed by atoms with Crippen molar-refractivity contribution in [2.45, 2.75) is 32.5 Å². The van der Waals surface area contributed by atoms with Crippen molar-refractivity contribution < 1.29 is 13.2 Å². The lowest BCUT2D eigenvalue weighted by molar-refractivity contribution is -0.141. The predicted octanol–water partition coefficient (Wildman–Crippen LogP) is 3.47. The van der Waals surface area contributed by atoms with Crippen LogP contribution in [-0.4, -0.2) is 9.78 Å². The SMILES string of the molecule is CCc1cc(C(F)(F)F)nn1-c1ccc(C(C)N)cc1. The van der Waals surface area contributed by atoms with Gasteiger partial charge in [0.2, 0.25) is 0 Å². The predicted molar refractivity (Wildman–Crippen MR) is 70.5 cm³/mol. The monoisotopic (exact) mass is 283 g/mol. The summed E-state index contributed by atoms with van der Waals surface area (Å²) in [5.74, 6) is 0. The first-order valence-electron chi connectivity index (χ1n) is 6.35. The number of halogens is 3. The van der Waals surface area contributed by atoms with Gasteiger partial charge in [-0.05, 0) is 37.1 Å². The molecule has 1 aromatic heterocycles. The molecule has 108 valence electrons. The molecule has 2 aromatic rings. The maximum atomic E-state index is 12.7. The van der Waals surface area contributed by atoms with Crippen molar-refractivity contribution in [3.8, 4) is 5.69 Å². The molecule has 1 heterocycles. The van der Waals surface area contributed by atoms with Gasteiger partial charge in [-0.2, -0.15) is 18.3 Å². The third kappa shape index (κ3) is 2.85. The van der Waals surface area contributed by atoms with E-state index in [9.17, 15) is 13.2 Å². The Balaban J connectivity index is 2.43. The van der Waals surface area contributed by atoms with Gasteiger partial charge in [0.05, 0.1) is 5.69 Å². The summed E-state index contributed by atoms with van der Waals surface area (Å²) in [7, 11) is 0. The van der Waals surface area contributed by atoms with Crippen molar-refractivity contribution in [1.82, 2.24) is 9.78 Å². The van der Waals surface area contributed by atoms with Crippen LogP contribution >= 0.6 is 0 Å². The quantitative estimate of drug-likeness (QED) is 0.937. The first-order chi connectivity index (χ1) is 9.32. The second-order valence-corrected chi connectivity index (χ2v) is 4.66. The van der Waals surface area contributed by atoms with E-state index in [2.05, 4.69) is 5.10 Å². The number of nitrogens with two attached hydrogens (primary N) is 1. The molecule has 1 atom stereocenters. The van der Waals surface area contributed by atoms with Crippen LogP contribution < -0.4 is 5.73 Å². The Morgan fingerprint density at radius 2 is 1.85 bits per heavy atom. The second-order valence-electron chi connectivity index (χ2n) is 4.66. The number of hydrogen-bond donors (Lipinski definition) is 1. The molecule has 0 aliphatic heterocycles. The van der Waals surface area contributed by atoms with Gasteiger partial charge in [0.1, 0.15) is 0 Å². The molecule has 0 amide bonds. The lowest BCUT2D eigenvalue weighted by Gasteiger charge is -2.09. The Morgan fingerprint density at radius 1 is 1.25 bits per heavy atom. The molecule has 0 aliphatic carbocycles. The van der Waals surface area contributed by atoms with Crippen molar-refractivity contribution in [2.24, 2.45) is 5.73 Å². The van der Waals surface area contributed by atoms with E-state index in [1.54, 1.807) is 31.2 Å². The molecule has 0 radical (unpaired) electrons. The molecule has 0 bridgehead atoms. The van der Waals surface area contributed by atoms with E-state index in [1.165, 1.54) is 4.68 Å². The second kappa shape index (κ2) is 5.28. The lowest BCUT2D eigenvalue weighted by Crippen LogP contribution is -2.08. The van der Waals surface area contributed by atoms with Crippen LogP contribution in [0.3, 0.4) is 0 Å². The van der Waals surface area contributed by atoms with Gasteiger partial charge in [0.25, 0.3) is 0 Å². The molecule has 0 saturated heterocycles. The molecule has 0 spiro atoms. The van der Waals surface area contributed by atoms with E-state index in [4.69, 9.17) is 5.73 Å². The summed E-state index contributed by atoms with van der Waals surface area (Å²) < 4.78 is 39.5. The van der Waals surface area contributed by atoms with Crippen LogP contribution in [0.25, 0.3) is 5.69 Å². The summed E-state index contributed by atoms with van der Waals surface area (Å²) in [6.07, 6.45) is -3.96. The van der Waals surface area contributed by atoms with Gasteiger partial charge < -0.3 is 5.73 Å². The zero-order chi connectivity index (χ0) is 14.9. The summed E-state index contributed by atoms with van der Waals surface area (Å²) in [4.78, 5) is 0. The number of aromatic nitrogens is 2. The van der Waals surface area contributed by atoms with E-state index in [0.717, 1.165) is 11.6 Å². The molecule has 0 saturated carbocycles. The van der Waals surface area contributed by atoms with Crippen LogP contribution in [0.15, 0.2) is 30.3 Å². The van der Waals surface area contributed by atoms with Crippen LogP contribution in [0.5, 0.6) is 0 Å². The maximum absolute atomic E-state index is 12.7. The minimum atomic E-state index is -4.43. The highest BCUT2D eigenvalue weighted by Crippen LogP contribution is 2.29. The molecule has 2 rings (SSSR count). The van der Waals surface area contributed by atoms with E-state index in [-0.39, 0.29) is 6.04 Å². The van der Waals surface area contributed by atoms with E-state index >= 15 is 0 Å². The van der Waals surface area contributed by atoms with Crippen molar-refractivity contribution >= 4 is 0 Å². The zero-order valence-electron chi connectivity index (χ0n) is 11.3. The van der Waals surface area contributed by atoms with Gasteiger partial charge in [-0.15, -0.1) is 0 Å². The van der Waals surface area contributed by atoms with Crippen molar-refractivity contribution in [2.75, 3.05) is 0 Å². The van der Waals surface area contributed by atoms with Crippen LogP contribution in [0.2, 0.25) is 0 Å². The van der Waals surface area contributed by atoms with Gasteiger partial charge in [0.15, 0.2) is 5.69 Å². The summed E-state index contributed by atoms with van der Waals surface area (Å²) >= 11 is 0. The summed E-state index contributed by atoms with van der Waals surface area (Å²) in [5.41, 5.74) is 6.92. The molecule has 0 aliphatic rings. The topological polar surface area (TPSA) is 43.8 Å². The molecular weight excluding hydrogens is 267 g/mol. The van der Waals surface area contributed by atoms with E-state index in [0.29, 0.717) is 17.8 Å². The fourth-order valence-electron chi connectivity index (χ4n) is 1.95. The minimum absolute atomic E-state index is 0.113. The normalized spacial score (nSPS) is 13.5. The van der Waals surface area contributed by atoms with Gasteiger partial charge in [-0.3, -0.25) is 0 Å². The smallest absolute Gasteiger partial charge is 0.324 e. The first kappa shape index (κ1) is 14.6. The number of rotatable bonds is 3. The number of aryl methyl sites for hydroxylation is 1. The van der Waals surface area contributed by atoms with Crippen LogP contribution in [0.4, 0.5) is 13.2 Å². The number of alkyl halides is 3. The van der Waals surface area contributed by atoms with E-state index < -0.39 is 11.9 Å². The fraction of sp³-hybridized carbons (Fsp3) is 0.357. The molecule has 1 aromatic carbocycles. The fourth-order valence-corrected chi connectivity index (χ4v) is 1.95. The van der Waals surface area contributed by atoms with Gasteiger partial charge in [0, 0.05) is 11.7 Å². The molecular formula is C14H16F3N3. The number of benzene rings is 1. The summed E-state index contributed by atoms with van der Waals surface area (Å²) in [6, 6.07) is 8.02. The van der Waals surface area contributed by atoms with Crippen LogP contribution in [-0.2, 0) is 12.6 Å². The van der Waals surface area contributed by atoms with Gasteiger partial charge >= 0.3 is 6.18 Å². The Hall–Kier alpha value is -1.82. The van der Waals surface area contributed by atoms with Crippen LogP contribution in [0, 0.1) is 0 Å². The standard InChI is InChI=1S/C14H16F3N3/c1-3-11-8-13(14(15,16)17)19-20(11)12-6-4-10(5-7-12)9(2)18/h4-9H,3,18H2,1-2H3. The average Bonchev–Trinajstić information content (AvgIpc) is 2.82. The highest BCUT2D eigenvalue weighted by molar-refractivity contribution is 5.37. The first-order valence-corrected chi connectivity index (χ1v) is 6.35. The van der Waals surface area contributed by atoms with Crippen LogP contribution in [0.1, 0.15) is 36.8 Å². The zero-order valence-corrected chi connectivity index (χ0v) is 11.3. The molecule has 1 unspecified atom stereocenters.